The van der Waals surface area contributed by atoms with Crippen molar-refractivity contribution < 1.29 is 28.4 Å². The van der Waals surface area contributed by atoms with Crippen LogP contribution in [0.25, 0.3) is 0 Å². The first-order valence-electron chi connectivity index (χ1n) is 13.6. The standard InChI is InChI=1S/C20H20O4.C9H12O2.C2H6/c1-3-12-8-16(20-18(12)22-10-24-20)14-5-4-13(7-14)15-6-11(2)17-19(15)23-9-21-17;1-3-7-4-6(2)8-9(7)11-5-10-8;1-2/h4-5H,3,6-10H2,1-2H3;3-5H2,1-2H3;1-2H3. The van der Waals surface area contributed by atoms with Gasteiger partial charge in [0.2, 0.25) is 20.4 Å². The Morgan fingerprint density at radius 1 is 0.514 bits per heavy atom. The molecule has 0 unspecified atom stereocenters. The minimum absolute atomic E-state index is 0.340. The lowest BCUT2D eigenvalue weighted by molar-refractivity contribution is 0.0944. The van der Waals surface area contributed by atoms with E-state index in [1.165, 1.54) is 44.6 Å². The number of ether oxygens (including phenoxy) is 6. The first-order chi connectivity index (χ1) is 18.1. The first kappa shape index (κ1) is 25.4. The average molecular weight is 507 g/mol. The molecule has 3 aliphatic heterocycles. The number of allylic oxidation sites excluding steroid dienone is 10. The van der Waals surface area contributed by atoms with Crippen molar-refractivity contribution in [2.24, 2.45) is 0 Å². The van der Waals surface area contributed by atoms with Crippen LogP contribution in [0.2, 0.25) is 0 Å². The van der Waals surface area contributed by atoms with Gasteiger partial charge in [0, 0.05) is 24.0 Å². The van der Waals surface area contributed by atoms with E-state index in [2.05, 4.69) is 39.8 Å². The third kappa shape index (κ3) is 4.41. The van der Waals surface area contributed by atoms with Gasteiger partial charge in [0.15, 0.2) is 34.6 Å². The molecule has 3 heterocycles. The van der Waals surface area contributed by atoms with E-state index < -0.39 is 0 Å². The molecule has 7 rings (SSSR count). The summed E-state index contributed by atoms with van der Waals surface area (Å²) in [6.45, 7) is 13.6. The Morgan fingerprint density at radius 3 is 1.51 bits per heavy atom. The molecule has 0 aromatic carbocycles. The van der Waals surface area contributed by atoms with E-state index in [4.69, 9.17) is 28.4 Å². The Kier molecular flexibility index (Phi) is 7.27. The molecule has 3 fully saturated rings. The summed E-state index contributed by atoms with van der Waals surface area (Å²) in [5, 5.41) is 0. The third-order valence-corrected chi connectivity index (χ3v) is 7.61. The van der Waals surface area contributed by atoms with Crippen LogP contribution in [0.5, 0.6) is 0 Å². The van der Waals surface area contributed by atoms with Gasteiger partial charge in [-0.3, -0.25) is 0 Å². The van der Waals surface area contributed by atoms with Crippen LogP contribution in [-0.2, 0) is 28.4 Å². The summed E-state index contributed by atoms with van der Waals surface area (Å²) in [4.78, 5) is 0. The van der Waals surface area contributed by atoms with Gasteiger partial charge in [0.25, 0.3) is 0 Å². The minimum Gasteiger partial charge on any atom is -0.454 e. The van der Waals surface area contributed by atoms with Crippen LogP contribution in [-0.4, -0.2) is 20.4 Å². The second-order valence-electron chi connectivity index (χ2n) is 9.72. The number of hydrogen-bond donors (Lipinski definition) is 0. The highest BCUT2D eigenvalue weighted by Crippen LogP contribution is 2.48. The Bertz CT molecular complexity index is 1240. The van der Waals surface area contributed by atoms with E-state index in [0.29, 0.717) is 20.4 Å². The van der Waals surface area contributed by atoms with Gasteiger partial charge < -0.3 is 28.4 Å². The number of rotatable bonds is 4. The van der Waals surface area contributed by atoms with Crippen LogP contribution < -0.4 is 0 Å². The predicted octanol–water partition coefficient (Wildman–Crippen LogP) is 7.86. The van der Waals surface area contributed by atoms with E-state index in [1.54, 1.807) is 0 Å². The smallest absolute Gasteiger partial charge is 0.231 e. The average Bonchev–Trinajstić information content (AvgIpc) is 3.75. The van der Waals surface area contributed by atoms with Crippen molar-refractivity contribution in [1.29, 1.82) is 0 Å². The normalized spacial score (nSPS) is 22.8. The highest BCUT2D eigenvalue weighted by Gasteiger charge is 2.36. The van der Waals surface area contributed by atoms with E-state index in [0.717, 1.165) is 73.1 Å². The first-order valence-corrected chi connectivity index (χ1v) is 13.6. The molecule has 6 heteroatoms. The SMILES string of the molecule is CC.CCC1=C2OCOC2=C(C)C1.CCC1=C2OCOC2=C(C2=CC=C(C3=C4OCOC4=C(C)C3)C2)C1. The van der Waals surface area contributed by atoms with E-state index in [1.807, 2.05) is 13.8 Å². The summed E-state index contributed by atoms with van der Waals surface area (Å²) in [6.07, 6.45) is 10.4. The maximum Gasteiger partial charge on any atom is 0.231 e. The number of hydrogen-bond acceptors (Lipinski definition) is 6. The van der Waals surface area contributed by atoms with Crippen molar-refractivity contribution in [3.05, 3.63) is 91.3 Å². The lowest BCUT2D eigenvalue weighted by Crippen LogP contribution is -1.96. The molecule has 0 radical (unpaired) electrons. The van der Waals surface area contributed by atoms with Crippen LogP contribution in [0.4, 0.5) is 0 Å². The van der Waals surface area contributed by atoms with Gasteiger partial charge >= 0.3 is 0 Å². The zero-order valence-corrected chi connectivity index (χ0v) is 23.0. The summed E-state index contributed by atoms with van der Waals surface area (Å²) < 4.78 is 33.4. The zero-order chi connectivity index (χ0) is 26.1. The van der Waals surface area contributed by atoms with Gasteiger partial charge in [-0.25, -0.2) is 0 Å². The fourth-order valence-electron chi connectivity index (χ4n) is 5.75. The van der Waals surface area contributed by atoms with Crippen molar-refractivity contribution in [2.75, 3.05) is 20.4 Å². The molecule has 7 aliphatic rings. The van der Waals surface area contributed by atoms with Crippen molar-refractivity contribution in [3.63, 3.8) is 0 Å². The molecule has 0 aromatic rings. The largest absolute Gasteiger partial charge is 0.454 e. The van der Waals surface area contributed by atoms with Gasteiger partial charge in [0.1, 0.15) is 0 Å². The second-order valence-corrected chi connectivity index (χ2v) is 9.72. The molecule has 37 heavy (non-hydrogen) atoms. The minimum atomic E-state index is 0.340. The summed E-state index contributed by atoms with van der Waals surface area (Å²) in [7, 11) is 0. The summed E-state index contributed by atoms with van der Waals surface area (Å²) >= 11 is 0. The summed E-state index contributed by atoms with van der Waals surface area (Å²) in [6, 6.07) is 0. The van der Waals surface area contributed by atoms with Crippen molar-refractivity contribution in [2.45, 2.75) is 80.1 Å². The van der Waals surface area contributed by atoms with Crippen molar-refractivity contribution >= 4 is 0 Å². The predicted molar refractivity (Wildman–Crippen MR) is 141 cm³/mol. The Hall–Kier alpha value is -3.28. The topological polar surface area (TPSA) is 55.4 Å². The number of fused-ring (bicyclic) bond motifs is 3. The second kappa shape index (κ2) is 10.6. The molecule has 0 amide bonds. The molecule has 0 bridgehead atoms. The Balaban J connectivity index is 0.000000181. The Morgan fingerprint density at radius 2 is 0.919 bits per heavy atom. The molecule has 0 atom stereocenters. The van der Waals surface area contributed by atoms with Crippen LogP contribution >= 0.6 is 0 Å². The maximum absolute atomic E-state index is 5.75. The fraction of sp³-hybridized carbons (Fsp3) is 0.484. The van der Waals surface area contributed by atoms with Gasteiger partial charge in [-0.15, -0.1) is 0 Å². The molecule has 6 nitrogen and oxygen atoms in total. The maximum atomic E-state index is 5.75. The van der Waals surface area contributed by atoms with E-state index in [9.17, 15) is 0 Å². The molecule has 198 valence electrons. The highest BCUT2D eigenvalue weighted by atomic mass is 16.7. The van der Waals surface area contributed by atoms with Crippen LogP contribution in [0.3, 0.4) is 0 Å². The van der Waals surface area contributed by atoms with Gasteiger partial charge in [0.05, 0.1) is 0 Å². The van der Waals surface area contributed by atoms with Crippen LogP contribution in [0, 0.1) is 0 Å². The molecule has 3 saturated heterocycles. The van der Waals surface area contributed by atoms with E-state index in [-0.39, 0.29) is 0 Å². The zero-order valence-electron chi connectivity index (χ0n) is 23.0. The highest BCUT2D eigenvalue weighted by molar-refractivity contribution is 5.60. The molecule has 0 aromatic heterocycles. The lowest BCUT2D eigenvalue weighted by Gasteiger charge is -2.10. The van der Waals surface area contributed by atoms with Crippen molar-refractivity contribution in [1.82, 2.24) is 0 Å². The van der Waals surface area contributed by atoms with Gasteiger partial charge in [-0.2, -0.15) is 0 Å². The van der Waals surface area contributed by atoms with Crippen LogP contribution in [0.1, 0.15) is 80.1 Å². The van der Waals surface area contributed by atoms with Gasteiger partial charge in [-0.05, 0) is 73.0 Å². The monoisotopic (exact) mass is 506 g/mol. The van der Waals surface area contributed by atoms with Gasteiger partial charge in [-0.1, -0.05) is 39.8 Å². The molecular formula is C31H38O6. The fourth-order valence-corrected chi connectivity index (χ4v) is 5.75. The molecule has 0 spiro atoms. The van der Waals surface area contributed by atoms with E-state index >= 15 is 0 Å². The summed E-state index contributed by atoms with van der Waals surface area (Å²) in [5.41, 5.74) is 10.6. The quantitative estimate of drug-likeness (QED) is 0.387. The van der Waals surface area contributed by atoms with Crippen molar-refractivity contribution in [3.8, 4) is 0 Å². The van der Waals surface area contributed by atoms with Crippen LogP contribution in [0.15, 0.2) is 91.3 Å². The molecular weight excluding hydrogens is 468 g/mol. The lowest BCUT2D eigenvalue weighted by atomic mass is 9.95. The molecule has 4 aliphatic carbocycles. The third-order valence-electron chi connectivity index (χ3n) is 7.61. The molecule has 0 N–H and O–H groups in total. The Labute approximate surface area is 220 Å². The molecule has 0 saturated carbocycles. The summed E-state index contributed by atoms with van der Waals surface area (Å²) in [5.74, 6) is 5.87.